The largest absolute Gasteiger partial charge is 0.355 e. The Labute approximate surface area is 148 Å². The third-order valence-electron chi connectivity index (χ3n) is 4.15. The average molecular weight is 351 g/mol. The zero-order valence-corrected chi connectivity index (χ0v) is 14.3. The van der Waals surface area contributed by atoms with Crippen molar-refractivity contribution in [3.05, 3.63) is 70.4 Å². The fourth-order valence-corrected chi connectivity index (χ4v) is 3.01. The number of rotatable bonds is 3. The van der Waals surface area contributed by atoms with Gasteiger partial charge in [-0.25, -0.2) is 4.98 Å². The maximum absolute atomic E-state index is 12.3. The zero-order chi connectivity index (χ0) is 17.4. The molecule has 2 heterocycles. The molecule has 0 radical (unpaired) electrons. The van der Waals surface area contributed by atoms with Crippen LogP contribution in [0.2, 0.25) is 5.02 Å². The number of nitrogens with one attached hydrogen (secondary N) is 1. The van der Waals surface area contributed by atoms with Gasteiger partial charge >= 0.3 is 0 Å². The van der Waals surface area contributed by atoms with Gasteiger partial charge in [0.25, 0.3) is 5.56 Å². The predicted molar refractivity (Wildman–Crippen MR) is 102 cm³/mol. The Kier molecular flexibility index (Phi) is 3.86. The molecule has 6 heteroatoms. The number of aromatic nitrogens is 3. The first-order valence-corrected chi connectivity index (χ1v) is 8.34. The van der Waals surface area contributed by atoms with Gasteiger partial charge in [-0.2, -0.15) is 0 Å². The molecule has 0 aliphatic rings. The van der Waals surface area contributed by atoms with E-state index in [2.05, 4.69) is 15.3 Å². The van der Waals surface area contributed by atoms with Gasteiger partial charge in [-0.05, 0) is 49.4 Å². The zero-order valence-electron chi connectivity index (χ0n) is 13.5. The summed E-state index contributed by atoms with van der Waals surface area (Å²) in [5, 5.41) is 5.61. The average Bonchev–Trinajstić information content (AvgIpc) is 2.62. The summed E-state index contributed by atoms with van der Waals surface area (Å²) >= 11 is 6.04. The standard InChI is InChI=1S/C19H15ClN4O/c1-2-24-11-22-18-10-13(4-6-15(18)19(24)25)23-16-7-8-21-17-9-12(20)3-5-14(16)17/h3-11H,2H2,1H3,(H,21,23). The topological polar surface area (TPSA) is 59.8 Å². The van der Waals surface area contributed by atoms with Crippen molar-refractivity contribution in [3.63, 3.8) is 0 Å². The highest BCUT2D eigenvalue weighted by atomic mass is 35.5. The van der Waals surface area contributed by atoms with Crippen LogP contribution >= 0.6 is 11.6 Å². The van der Waals surface area contributed by atoms with Gasteiger partial charge in [0, 0.05) is 34.5 Å². The number of pyridine rings is 1. The number of anilines is 2. The molecule has 25 heavy (non-hydrogen) atoms. The molecule has 0 bridgehead atoms. The highest BCUT2D eigenvalue weighted by Crippen LogP contribution is 2.27. The Morgan fingerprint density at radius 1 is 1.04 bits per heavy atom. The number of halogens is 1. The molecule has 4 aromatic rings. The fraction of sp³-hybridized carbons (Fsp3) is 0.105. The number of hydrogen-bond donors (Lipinski definition) is 1. The lowest BCUT2D eigenvalue weighted by Gasteiger charge is -2.11. The quantitative estimate of drug-likeness (QED) is 0.596. The minimum Gasteiger partial charge on any atom is -0.355 e. The van der Waals surface area contributed by atoms with Gasteiger partial charge in [-0.1, -0.05) is 11.6 Å². The van der Waals surface area contributed by atoms with Gasteiger partial charge in [-0.15, -0.1) is 0 Å². The van der Waals surface area contributed by atoms with E-state index in [0.29, 0.717) is 22.5 Å². The molecule has 2 aromatic heterocycles. The Morgan fingerprint density at radius 3 is 2.68 bits per heavy atom. The van der Waals surface area contributed by atoms with Gasteiger partial charge in [-0.3, -0.25) is 14.3 Å². The first-order chi connectivity index (χ1) is 12.2. The molecule has 0 atom stereocenters. The van der Waals surface area contributed by atoms with E-state index >= 15 is 0 Å². The van der Waals surface area contributed by atoms with Crippen molar-refractivity contribution in [2.24, 2.45) is 0 Å². The molecule has 4 rings (SSSR count). The van der Waals surface area contributed by atoms with Crippen LogP contribution in [0, 0.1) is 0 Å². The van der Waals surface area contributed by atoms with Crippen LogP contribution in [0.15, 0.2) is 59.8 Å². The van der Waals surface area contributed by atoms with E-state index in [-0.39, 0.29) is 5.56 Å². The van der Waals surface area contributed by atoms with E-state index in [1.54, 1.807) is 23.2 Å². The molecule has 5 nitrogen and oxygen atoms in total. The summed E-state index contributed by atoms with van der Waals surface area (Å²) in [6, 6.07) is 13.1. The van der Waals surface area contributed by atoms with E-state index in [1.165, 1.54) is 0 Å². The van der Waals surface area contributed by atoms with Gasteiger partial charge in [0.2, 0.25) is 0 Å². The number of aryl methyl sites for hydroxylation is 1. The number of nitrogens with zero attached hydrogens (tertiary/aromatic N) is 3. The third kappa shape index (κ3) is 2.83. The first kappa shape index (κ1) is 15.6. The van der Waals surface area contributed by atoms with Crippen LogP contribution < -0.4 is 10.9 Å². The molecule has 0 saturated carbocycles. The molecule has 0 aliphatic carbocycles. The molecular weight excluding hydrogens is 336 g/mol. The van der Waals surface area contributed by atoms with Crippen molar-refractivity contribution >= 4 is 44.8 Å². The lowest BCUT2D eigenvalue weighted by atomic mass is 10.1. The number of hydrogen-bond acceptors (Lipinski definition) is 4. The second kappa shape index (κ2) is 6.18. The molecule has 0 aliphatic heterocycles. The van der Waals surface area contributed by atoms with Crippen molar-refractivity contribution in [1.82, 2.24) is 14.5 Å². The summed E-state index contributed by atoms with van der Waals surface area (Å²) in [7, 11) is 0. The van der Waals surface area contributed by atoms with Crippen LogP contribution in [0.25, 0.3) is 21.8 Å². The molecular formula is C19H15ClN4O. The van der Waals surface area contributed by atoms with Crippen LogP contribution in [0.1, 0.15) is 6.92 Å². The molecule has 124 valence electrons. The summed E-state index contributed by atoms with van der Waals surface area (Å²) in [6.45, 7) is 2.53. The van der Waals surface area contributed by atoms with E-state index in [1.807, 2.05) is 43.3 Å². The van der Waals surface area contributed by atoms with Gasteiger partial charge in [0.05, 0.1) is 22.7 Å². The molecule has 0 fully saturated rings. The maximum Gasteiger partial charge on any atom is 0.261 e. The van der Waals surface area contributed by atoms with Crippen LogP contribution in [0.3, 0.4) is 0 Å². The summed E-state index contributed by atoms with van der Waals surface area (Å²) < 4.78 is 1.59. The maximum atomic E-state index is 12.3. The van der Waals surface area contributed by atoms with Gasteiger partial charge in [0.15, 0.2) is 0 Å². The SMILES string of the molecule is CCn1cnc2cc(Nc3ccnc4cc(Cl)ccc34)ccc2c1=O. The van der Waals surface area contributed by atoms with E-state index in [0.717, 1.165) is 22.3 Å². The Bertz CT molecular complexity index is 1150. The summed E-state index contributed by atoms with van der Waals surface area (Å²) in [6.07, 6.45) is 3.32. The lowest BCUT2D eigenvalue weighted by Crippen LogP contribution is -2.19. The van der Waals surface area contributed by atoms with Crippen LogP contribution in [-0.4, -0.2) is 14.5 Å². The van der Waals surface area contributed by atoms with Gasteiger partial charge in [0.1, 0.15) is 0 Å². The highest BCUT2D eigenvalue weighted by Gasteiger charge is 2.07. The lowest BCUT2D eigenvalue weighted by molar-refractivity contribution is 0.717. The van der Waals surface area contributed by atoms with E-state index in [9.17, 15) is 4.79 Å². The Morgan fingerprint density at radius 2 is 1.84 bits per heavy atom. The first-order valence-electron chi connectivity index (χ1n) is 7.96. The van der Waals surface area contributed by atoms with Gasteiger partial charge < -0.3 is 5.32 Å². The van der Waals surface area contributed by atoms with Crippen molar-refractivity contribution < 1.29 is 0 Å². The summed E-state index contributed by atoms with van der Waals surface area (Å²) in [4.78, 5) is 21.0. The number of fused-ring (bicyclic) bond motifs is 2. The third-order valence-corrected chi connectivity index (χ3v) is 4.38. The van der Waals surface area contributed by atoms with E-state index < -0.39 is 0 Å². The van der Waals surface area contributed by atoms with Crippen LogP contribution in [0.5, 0.6) is 0 Å². The minimum atomic E-state index is -0.0250. The second-order valence-electron chi connectivity index (χ2n) is 5.71. The summed E-state index contributed by atoms with van der Waals surface area (Å²) in [5.41, 5.74) is 3.24. The van der Waals surface area contributed by atoms with Crippen molar-refractivity contribution in [2.45, 2.75) is 13.5 Å². The monoisotopic (exact) mass is 350 g/mol. The normalized spacial score (nSPS) is 11.1. The highest BCUT2D eigenvalue weighted by molar-refractivity contribution is 6.31. The molecule has 0 amide bonds. The molecule has 0 spiro atoms. The van der Waals surface area contributed by atoms with Crippen LogP contribution in [-0.2, 0) is 6.54 Å². The van der Waals surface area contributed by atoms with E-state index in [4.69, 9.17) is 11.6 Å². The Balaban J connectivity index is 1.78. The second-order valence-corrected chi connectivity index (χ2v) is 6.15. The van der Waals surface area contributed by atoms with Crippen molar-refractivity contribution in [2.75, 3.05) is 5.32 Å². The smallest absolute Gasteiger partial charge is 0.261 e. The molecule has 0 unspecified atom stereocenters. The molecule has 2 aromatic carbocycles. The molecule has 1 N–H and O–H groups in total. The number of benzene rings is 2. The predicted octanol–water partition coefficient (Wildman–Crippen LogP) is 4.36. The van der Waals surface area contributed by atoms with Crippen LogP contribution in [0.4, 0.5) is 11.4 Å². The summed E-state index contributed by atoms with van der Waals surface area (Å²) in [5.74, 6) is 0. The van der Waals surface area contributed by atoms with Crippen molar-refractivity contribution in [1.29, 1.82) is 0 Å². The molecule has 0 saturated heterocycles. The van der Waals surface area contributed by atoms with Crippen molar-refractivity contribution in [3.8, 4) is 0 Å². The fourth-order valence-electron chi connectivity index (χ4n) is 2.85. The minimum absolute atomic E-state index is 0.0250. The Hall–Kier alpha value is -2.92.